The van der Waals surface area contributed by atoms with Crippen molar-refractivity contribution in [2.75, 3.05) is 40.9 Å². The summed E-state index contributed by atoms with van der Waals surface area (Å²) in [6.45, 7) is 2.64. The molecule has 5 nitrogen and oxygen atoms in total. The lowest BCUT2D eigenvalue weighted by molar-refractivity contribution is -0.00503. The van der Waals surface area contributed by atoms with Crippen LogP contribution >= 0.6 is 24.0 Å². The fourth-order valence-corrected chi connectivity index (χ4v) is 3.42. The van der Waals surface area contributed by atoms with E-state index < -0.39 is 0 Å². The molecule has 0 atom stereocenters. The number of hydrogen-bond donors (Lipinski definition) is 2. The van der Waals surface area contributed by atoms with Gasteiger partial charge in [-0.25, -0.2) is 0 Å². The molecule has 2 aliphatic rings. The predicted molar refractivity (Wildman–Crippen MR) is 103 cm³/mol. The second-order valence-electron chi connectivity index (χ2n) is 6.64. The second-order valence-corrected chi connectivity index (χ2v) is 6.64. The summed E-state index contributed by atoms with van der Waals surface area (Å²) >= 11 is 0. The van der Waals surface area contributed by atoms with Crippen LogP contribution in [0.4, 0.5) is 0 Å². The Kier molecular flexibility index (Phi) is 9.01. The van der Waals surface area contributed by atoms with Gasteiger partial charge in [0.05, 0.1) is 0 Å². The molecule has 1 aliphatic carbocycles. The first-order chi connectivity index (χ1) is 10.2. The number of rotatable bonds is 4. The third-order valence-corrected chi connectivity index (χ3v) is 5.13. The van der Waals surface area contributed by atoms with Gasteiger partial charge in [-0.3, -0.25) is 4.99 Å². The zero-order valence-corrected chi connectivity index (χ0v) is 16.7. The number of aliphatic imine (C=N–C) groups is 1. The van der Waals surface area contributed by atoms with Crippen molar-refractivity contribution in [3.63, 3.8) is 0 Å². The van der Waals surface area contributed by atoms with Gasteiger partial charge in [-0.05, 0) is 39.8 Å². The molecule has 0 radical (unpaired) electrons. The number of hydrogen-bond acceptors (Lipinski definition) is 3. The van der Waals surface area contributed by atoms with Gasteiger partial charge in [0.2, 0.25) is 0 Å². The molecule has 1 aliphatic heterocycles. The first-order valence-electron chi connectivity index (χ1n) is 8.39. The average Bonchev–Trinajstić information content (AvgIpc) is 2.53. The zero-order valence-electron chi connectivity index (χ0n) is 14.4. The van der Waals surface area contributed by atoms with Crippen molar-refractivity contribution in [1.82, 2.24) is 15.5 Å². The Bertz CT molecular complexity index is 337. The van der Waals surface area contributed by atoms with Crippen LogP contribution in [0.15, 0.2) is 4.99 Å². The SMILES string of the molecule is CN=C(NCC1(N(C)C)CCOCC1)NC1CCCCC1.I. The van der Waals surface area contributed by atoms with E-state index in [4.69, 9.17) is 4.74 Å². The standard InChI is InChI=1S/C16H32N4O.HI/c1-17-15(19-14-7-5-4-6-8-14)18-13-16(20(2)3)9-11-21-12-10-16;/h14H,4-13H2,1-3H3,(H2,17,18,19);1H. The summed E-state index contributed by atoms with van der Waals surface area (Å²) in [5.41, 5.74) is 0.183. The summed E-state index contributed by atoms with van der Waals surface area (Å²) in [5, 5.41) is 7.14. The molecule has 0 aromatic rings. The highest BCUT2D eigenvalue weighted by Crippen LogP contribution is 2.25. The summed E-state index contributed by atoms with van der Waals surface area (Å²) in [5.74, 6) is 0.953. The maximum atomic E-state index is 5.53. The number of halogens is 1. The molecule has 0 unspecified atom stereocenters. The van der Waals surface area contributed by atoms with Gasteiger partial charge in [-0.1, -0.05) is 19.3 Å². The van der Waals surface area contributed by atoms with Crippen LogP contribution in [0.1, 0.15) is 44.9 Å². The van der Waals surface area contributed by atoms with Crippen molar-refractivity contribution in [2.45, 2.75) is 56.5 Å². The van der Waals surface area contributed by atoms with Crippen LogP contribution in [-0.2, 0) is 4.74 Å². The Hall–Kier alpha value is -0.0800. The smallest absolute Gasteiger partial charge is 0.191 e. The number of ether oxygens (including phenoxy) is 1. The van der Waals surface area contributed by atoms with Crippen molar-refractivity contribution >= 4 is 29.9 Å². The number of likely N-dealkylation sites (N-methyl/N-ethyl adjacent to an activating group) is 1. The Labute approximate surface area is 152 Å². The van der Waals surface area contributed by atoms with Gasteiger partial charge in [0.15, 0.2) is 5.96 Å². The van der Waals surface area contributed by atoms with Crippen molar-refractivity contribution in [1.29, 1.82) is 0 Å². The molecule has 2 N–H and O–H groups in total. The fraction of sp³-hybridized carbons (Fsp3) is 0.938. The number of guanidine groups is 1. The highest BCUT2D eigenvalue weighted by molar-refractivity contribution is 14.0. The molecule has 0 amide bonds. The van der Waals surface area contributed by atoms with Crippen LogP contribution in [-0.4, -0.2) is 63.3 Å². The molecule has 1 saturated heterocycles. The Morgan fingerprint density at radius 3 is 2.36 bits per heavy atom. The van der Waals surface area contributed by atoms with E-state index in [1.165, 1.54) is 32.1 Å². The minimum Gasteiger partial charge on any atom is -0.381 e. The molecule has 0 aromatic carbocycles. The van der Waals surface area contributed by atoms with E-state index in [9.17, 15) is 0 Å². The summed E-state index contributed by atoms with van der Waals surface area (Å²) in [7, 11) is 6.21. The molecular formula is C16H33IN4O. The highest BCUT2D eigenvalue weighted by Gasteiger charge is 2.34. The summed E-state index contributed by atoms with van der Waals surface area (Å²) in [6.07, 6.45) is 8.76. The molecule has 2 fully saturated rings. The minimum absolute atomic E-state index is 0. The molecule has 2 rings (SSSR count). The molecule has 0 bridgehead atoms. The quantitative estimate of drug-likeness (QED) is 0.413. The highest BCUT2D eigenvalue weighted by atomic mass is 127. The maximum Gasteiger partial charge on any atom is 0.191 e. The predicted octanol–water partition coefficient (Wildman–Crippen LogP) is 2.21. The molecule has 0 spiro atoms. The van der Waals surface area contributed by atoms with E-state index in [0.29, 0.717) is 6.04 Å². The molecule has 0 aromatic heterocycles. The first kappa shape index (κ1) is 20.0. The van der Waals surface area contributed by atoms with Crippen LogP contribution in [0, 0.1) is 0 Å². The monoisotopic (exact) mass is 424 g/mol. The minimum atomic E-state index is 0. The Balaban J connectivity index is 0.00000242. The van der Waals surface area contributed by atoms with E-state index in [1.807, 2.05) is 7.05 Å². The second kappa shape index (κ2) is 9.93. The lowest BCUT2D eigenvalue weighted by Crippen LogP contribution is -2.57. The first-order valence-corrected chi connectivity index (χ1v) is 8.39. The molecular weight excluding hydrogens is 391 g/mol. The molecule has 1 saturated carbocycles. The maximum absolute atomic E-state index is 5.53. The van der Waals surface area contributed by atoms with E-state index in [1.54, 1.807) is 0 Å². The third-order valence-electron chi connectivity index (χ3n) is 5.13. The van der Waals surface area contributed by atoms with Gasteiger partial charge in [0, 0.05) is 38.4 Å². The van der Waals surface area contributed by atoms with E-state index in [2.05, 4.69) is 34.6 Å². The van der Waals surface area contributed by atoms with Crippen LogP contribution in [0.2, 0.25) is 0 Å². The van der Waals surface area contributed by atoms with E-state index in [-0.39, 0.29) is 29.5 Å². The van der Waals surface area contributed by atoms with Crippen LogP contribution in [0.25, 0.3) is 0 Å². The number of nitrogens with one attached hydrogen (secondary N) is 2. The molecule has 22 heavy (non-hydrogen) atoms. The van der Waals surface area contributed by atoms with Crippen LogP contribution in [0.5, 0.6) is 0 Å². The summed E-state index contributed by atoms with van der Waals surface area (Å²) in [6, 6.07) is 0.593. The Morgan fingerprint density at radius 2 is 1.82 bits per heavy atom. The lowest BCUT2D eigenvalue weighted by Gasteiger charge is -2.43. The summed E-state index contributed by atoms with van der Waals surface area (Å²) in [4.78, 5) is 6.75. The van der Waals surface area contributed by atoms with E-state index in [0.717, 1.165) is 38.6 Å². The molecule has 6 heteroatoms. The van der Waals surface area contributed by atoms with Crippen molar-refractivity contribution in [3.8, 4) is 0 Å². The fourth-order valence-electron chi connectivity index (χ4n) is 3.42. The average molecular weight is 424 g/mol. The van der Waals surface area contributed by atoms with Crippen LogP contribution in [0.3, 0.4) is 0 Å². The molecule has 130 valence electrons. The largest absolute Gasteiger partial charge is 0.381 e. The molecule has 1 heterocycles. The Morgan fingerprint density at radius 1 is 1.18 bits per heavy atom. The number of nitrogens with zero attached hydrogens (tertiary/aromatic N) is 2. The normalized spacial score (nSPS) is 23.0. The van der Waals surface area contributed by atoms with Crippen molar-refractivity contribution < 1.29 is 4.74 Å². The van der Waals surface area contributed by atoms with Gasteiger partial charge in [0.1, 0.15) is 0 Å². The van der Waals surface area contributed by atoms with Gasteiger partial charge in [0.25, 0.3) is 0 Å². The van der Waals surface area contributed by atoms with Crippen LogP contribution < -0.4 is 10.6 Å². The van der Waals surface area contributed by atoms with Gasteiger partial charge >= 0.3 is 0 Å². The van der Waals surface area contributed by atoms with Crippen molar-refractivity contribution in [3.05, 3.63) is 0 Å². The third kappa shape index (κ3) is 5.53. The van der Waals surface area contributed by atoms with E-state index >= 15 is 0 Å². The van der Waals surface area contributed by atoms with Gasteiger partial charge in [-0.15, -0.1) is 24.0 Å². The lowest BCUT2D eigenvalue weighted by atomic mass is 9.88. The zero-order chi connectivity index (χ0) is 15.1. The van der Waals surface area contributed by atoms with Crippen molar-refractivity contribution in [2.24, 2.45) is 4.99 Å². The van der Waals surface area contributed by atoms with Gasteiger partial charge in [-0.2, -0.15) is 0 Å². The topological polar surface area (TPSA) is 48.9 Å². The van der Waals surface area contributed by atoms with Gasteiger partial charge < -0.3 is 20.3 Å². The summed E-state index contributed by atoms with van der Waals surface area (Å²) < 4.78 is 5.53.